The molecule has 1 aromatic carbocycles. The summed E-state index contributed by atoms with van der Waals surface area (Å²) in [5.74, 6) is -0.821. The number of halogens is 3. The smallest absolute Gasteiger partial charge is 0.380 e. The molecule has 0 amide bonds. The van der Waals surface area contributed by atoms with Crippen LogP contribution >= 0.6 is 0 Å². The van der Waals surface area contributed by atoms with Crippen molar-refractivity contribution >= 4 is 0 Å². The van der Waals surface area contributed by atoms with Gasteiger partial charge in [0.25, 0.3) is 5.89 Å². The van der Waals surface area contributed by atoms with E-state index in [1.807, 2.05) is 38.2 Å². The third-order valence-corrected chi connectivity index (χ3v) is 6.92. The molecule has 4 rings (SSSR count). The van der Waals surface area contributed by atoms with E-state index in [1.165, 1.54) is 12.4 Å². The minimum atomic E-state index is -5.00. The molecule has 0 radical (unpaired) electrons. The average molecular weight is 491 g/mol. The molecule has 0 unspecified atom stereocenters. The van der Waals surface area contributed by atoms with Crippen molar-refractivity contribution in [3.63, 3.8) is 0 Å². The van der Waals surface area contributed by atoms with Gasteiger partial charge in [-0.1, -0.05) is 50.2 Å². The van der Waals surface area contributed by atoms with Crippen LogP contribution in [0.1, 0.15) is 56.2 Å². The van der Waals surface area contributed by atoms with Gasteiger partial charge in [0.1, 0.15) is 5.60 Å². The van der Waals surface area contributed by atoms with Gasteiger partial charge < -0.3 is 19.6 Å². The summed E-state index contributed by atoms with van der Waals surface area (Å²) < 4.78 is 44.3. The summed E-state index contributed by atoms with van der Waals surface area (Å²) in [6.07, 6.45) is -2.08. The van der Waals surface area contributed by atoms with Gasteiger partial charge in [0.05, 0.1) is 0 Å². The molecular formula is C25H29F3N4O3. The predicted molar refractivity (Wildman–Crippen MR) is 122 cm³/mol. The maximum atomic E-state index is 13.2. The standard InChI is InChI=1S/C25H29F3N4O3/c1-15(2)16-6-8-18(9-7-16)24(34,22(3)13-32(5)14-22)19-10-17(11-29-12-19)20-30-21(35-31-20)23(4,33)25(26,27)28/h6-12,15,33-34H,13-14H2,1-5H3/t23-,24+/m1/s1. The molecular weight excluding hydrogens is 461 g/mol. The van der Waals surface area contributed by atoms with Gasteiger partial charge in [-0.15, -0.1) is 0 Å². The number of hydrogen-bond donors (Lipinski definition) is 2. The van der Waals surface area contributed by atoms with Gasteiger partial charge >= 0.3 is 6.18 Å². The molecule has 1 aliphatic heterocycles. The highest BCUT2D eigenvalue weighted by Crippen LogP contribution is 2.50. The van der Waals surface area contributed by atoms with Crippen molar-refractivity contribution in [2.75, 3.05) is 20.1 Å². The van der Waals surface area contributed by atoms with E-state index >= 15 is 0 Å². The van der Waals surface area contributed by atoms with Gasteiger partial charge in [-0.25, -0.2) is 0 Å². The normalized spacial score (nSPS) is 19.7. The van der Waals surface area contributed by atoms with Crippen molar-refractivity contribution in [3.8, 4) is 11.4 Å². The van der Waals surface area contributed by atoms with Gasteiger partial charge in [0.2, 0.25) is 11.4 Å². The first-order chi connectivity index (χ1) is 16.2. The monoisotopic (exact) mass is 490 g/mol. The lowest BCUT2D eigenvalue weighted by atomic mass is 9.62. The Labute approximate surface area is 201 Å². The van der Waals surface area contributed by atoms with Crippen molar-refractivity contribution < 1.29 is 27.9 Å². The largest absolute Gasteiger partial charge is 0.426 e. The Morgan fingerprint density at radius 3 is 2.23 bits per heavy atom. The average Bonchev–Trinajstić information content (AvgIpc) is 3.28. The van der Waals surface area contributed by atoms with Crippen molar-refractivity contribution in [3.05, 3.63) is 65.3 Å². The van der Waals surface area contributed by atoms with E-state index in [0.29, 0.717) is 37.1 Å². The molecule has 188 valence electrons. The highest BCUT2D eigenvalue weighted by molar-refractivity contribution is 5.56. The molecule has 0 aliphatic carbocycles. The molecule has 2 aromatic heterocycles. The third-order valence-electron chi connectivity index (χ3n) is 6.92. The maximum Gasteiger partial charge on any atom is 0.426 e. The zero-order chi connectivity index (χ0) is 25.8. The number of alkyl halides is 3. The van der Waals surface area contributed by atoms with E-state index in [-0.39, 0.29) is 11.4 Å². The third kappa shape index (κ3) is 4.13. The fourth-order valence-corrected chi connectivity index (χ4v) is 4.77. The van der Waals surface area contributed by atoms with Gasteiger partial charge in [0.15, 0.2) is 0 Å². The lowest BCUT2D eigenvalue weighted by Crippen LogP contribution is -2.63. The molecule has 0 spiro atoms. The number of nitrogens with zero attached hydrogens (tertiary/aromatic N) is 4. The summed E-state index contributed by atoms with van der Waals surface area (Å²) in [5.41, 5.74) is -2.76. The number of aromatic nitrogens is 3. The van der Waals surface area contributed by atoms with Crippen molar-refractivity contribution in [1.29, 1.82) is 0 Å². The first-order valence-electron chi connectivity index (χ1n) is 11.3. The molecule has 1 fully saturated rings. The van der Waals surface area contributed by atoms with Crippen LogP contribution in [-0.2, 0) is 11.2 Å². The zero-order valence-electron chi connectivity index (χ0n) is 20.3. The zero-order valence-corrected chi connectivity index (χ0v) is 20.3. The molecule has 3 aromatic rings. The Morgan fingerprint density at radius 2 is 1.69 bits per heavy atom. The number of likely N-dealkylation sites (tertiary alicyclic amines) is 1. The second-order valence-corrected chi connectivity index (χ2v) is 10.2. The lowest BCUT2D eigenvalue weighted by molar-refractivity contribution is -0.267. The Morgan fingerprint density at radius 1 is 1.06 bits per heavy atom. The summed E-state index contributed by atoms with van der Waals surface area (Å²) in [6.45, 7) is 7.97. The highest BCUT2D eigenvalue weighted by atomic mass is 19.4. The van der Waals surface area contributed by atoms with Crippen LogP contribution in [0.25, 0.3) is 11.4 Å². The van der Waals surface area contributed by atoms with Crippen molar-refractivity contribution in [2.45, 2.75) is 51.0 Å². The van der Waals surface area contributed by atoms with Crippen LogP contribution in [0, 0.1) is 5.41 Å². The molecule has 2 N–H and O–H groups in total. The fraction of sp³-hybridized carbons (Fsp3) is 0.480. The number of pyridine rings is 1. The van der Waals surface area contributed by atoms with Crippen LogP contribution in [0.15, 0.2) is 47.2 Å². The molecule has 2 atom stereocenters. The molecule has 1 aliphatic rings. The first kappa shape index (κ1) is 25.3. The maximum absolute atomic E-state index is 13.2. The molecule has 10 heteroatoms. The molecule has 3 heterocycles. The van der Waals surface area contributed by atoms with E-state index in [2.05, 4.69) is 33.9 Å². The van der Waals surface area contributed by atoms with Crippen molar-refractivity contribution in [2.24, 2.45) is 5.41 Å². The van der Waals surface area contributed by atoms with Crippen LogP contribution < -0.4 is 0 Å². The quantitative estimate of drug-likeness (QED) is 0.534. The summed E-state index contributed by atoms with van der Waals surface area (Å²) >= 11 is 0. The first-order valence-corrected chi connectivity index (χ1v) is 11.3. The van der Waals surface area contributed by atoms with Crippen LogP contribution in [-0.4, -0.2) is 56.6 Å². The molecule has 35 heavy (non-hydrogen) atoms. The van der Waals surface area contributed by atoms with Crippen molar-refractivity contribution in [1.82, 2.24) is 20.0 Å². The molecule has 0 saturated carbocycles. The van der Waals surface area contributed by atoms with Crippen LogP contribution in [0.4, 0.5) is 13.2 Å². The predicted octanol–water partition coefficient (Wildman–Crippen LogP) is 4.21. The van der Waals surface area contributed by atoms with E-state index in [4.69, 9.17) is 4.52 Å². The number of benzene rings is 1. The SMILES string of the molecule is CC(C)c1ccc([C@](O)(c2cncc(-c3noc([C@@](C)(O)C(F)(F)F)n3)c2)C2(C)CN(C)C2)cc1. The minimum absolute atomic E-state index is 0.174. The summed E-state index contributed by atoms with van der Waals surface area (Å²) in [4.78, 5) is 10.1. The van der Waals surface area contributed by atoms with E-state index < -0.39 is 28.7 Å². The summed E-state index contributed by atoms with van der Waals surface area (Å²) in [6, 6.07) is 9.37. The van der Waals surface area contributed by atoms with Gasteiger partial charge in [-0.2, -0.15) is 18.2 Å². The molecule has 7 nitrogen and oxygen atoms in total. The lowest BCUT2D eigenvalue weighted by Gasteiger charge is -2.55. The van der Waals surface area contributed by atoms with Crippen LogP contribution in [0.2, 0.25) is 0 Å². The van der Waals surface area contributed by atoms with E-state index in [0.717, 1.165) is 5.56 Å². The number of hydrogen-bond acceptors (Lipinski definition) is 7. The number of aliphatic hydroxyl groups is 2. The molecule has 1 saturated heterocycles. The van der Waals surface area contributed by atoms with Crippen LogP contribution in [0.3, 0.4) is 0 Å². The molecule has 0 bridgehead atoms. The van der Waals surface area contributed by atoms with Crippen LogP contribution in [0.5, 0.6) is 0 Å². The van der Waals surface area contributed by atoms with E-state index in [9.17, 15) is 23.4 Å². The Kier molecular flexibility index (Phi) is 6.06. The van der Waals surface area contributed by atoms with Gasteiger partial charge in [0, 0.05) is 42.0 Å². The Bertz CT molecular complexity index is 1200. The summed E-state index contributed by atoms with van der Waals surface area (Å²) in [7, 11) is 1.96. The van der Waals surface area contributed by atoms with Gasteiger partial charge in [-0.05, 0) is 37.1 Å². The van der Waals surface area contributed by atoms with E-state index in [1.54, 1.807) is 6.07 Å². The summed E-state index contributed by atoms with van der Waals surface area (Å²) in [5, 5.41) is 25.8. The fourth-order valence-electron chi connectivity index (χ4n) is 4.77. The Balaban J connectivity index is 1.79. The highest BCUT2D eigenvalue weighted by Gasteiger charge is 2.56. The second-order valence-electron chi connectivity index (χ2n) is 10.2. The Hall–Kier alpha value is -2.82. The second kappa shape index (κ2) is 8.39. The van der Waals surface area contributed by atoms with Gasteiger partial charge in [-0.3, -0.25) is 4.98 Å². The topological polar surface area (TPSA) is 95.5 Å². The number of rotatable bonds is 6. The minimum Gasteiger partial charge on any atom is -0.380 e.